The van der Waals surface area contributed by atoms with Gasteiger partial charge in [-0.2, -0.15) is 37.9 Å². The zero-order valence-corrected chi connectivity index (χ0v) is 5.76. The molecule has 0 N–H and O–H groups in total. The SMILES string of the molecule is SC=CC(S)S. The van der Waals surface area contributed by atoms with E-state index in [1.807, 2.05) is 0 Å². The molecule has 0 atom stereocenters. The normalized spacial score (nSPS) is 11.3. The molecular formula is C3H6S3. The highest BCUT2D eigenvalue weighted by atomic mass is 32.2. The molecule has 0 nitrogen and oxygen atoms in total. The van der Waals surface area contributed by atoms with Crippen LogP contribution in [0, 0.1) is 0 Å². The van der Waals surface area contributed by atoms with Gasteiger partial charge in [-0.25, -0.2) is 0 Å². The summed E-state index contributed by atoms with van der Waals surface area (Å²) in [5.74, 6) is 0. The Morgan fingerprint density at radius 2 is 1.83 bits per heavy atom. The molecule has 0 aromatic carbocycles. The largest absolute Gasteiger partial charge is 0.161 e. The van der Waals surface area contributed by atoms with Crippen LogP contribution < -0.4 is 0 Å². The fourth-order valence-corrected chi connectivity index (χ4v) is 0.693. The van der Waals surface area contributed by atoms with Crippen LogP contribution in [0.25, 0.3) is 0 Å². The summed E-state index contributed by atoms with van der Waals surface area (Å²) in [7, 11) is 0. The summed E-state index contributed by atoms with van der Waals surface area (Å²) >= 11 is 11.6. The van der Waals surface area contributed by atoms with Crippen LogP contribution in [0.1, 0.15) is 0 Å². The smallest absolute Gasteiger partial charge is 0.0630 e. The predicted molar refractivity (Wildman–Crippen MR) is 39.9 cm³/mol. The fraction of sp³-hybridized carbons (Fsp3) is 0.333. The van der Waals surface area contributed by atoms with Gasteiger partial charge < -0.3 is 0 Å². The van der Waals surface area contributed by atoms with Crippen LogP contribution in [-0.2, 0) is 0 Å². The van der Waals surface area contributed by atoms with Crippen molar-refractivity contribution in [3.05, 3.63) is 11.5 Å². The van der Waals surface area contributed by atoms with E-state index >= 15 is 0 Å². The van der Waals surface area contributed by atoms with Crippen molar-refractivity contribution in [3.63, 3.8) is 0 Å². The molecule has 0 heterocycles. The zero-order valence-electron chi connectivity index (χ0n) is 3.07. The van der Waals surface area contributed by atoms with Crippen LogP contribution in [-0.4, -0.2) is 4.58 Å². The molecule has 0 aliphatic carbocycles. The number of rotatable bonds is 1. The van der Waals surface area contributed by atoms with Crippen molar-refractivity contribution in [2.75, 3.05) is 0 Å². The minimum absolute atomic E-state index is 0.0301. The van der Waals surface area contributed by atoms with E-state index < -0.39 is 0 Å². The van der Waals surface area contributed by atoms with Gasteiger partial charge in [0.15, 0.2) is 0 Å². The van der Waals surface area contributed by atoms with E-state index in [2.05, 4.69) is 37.9 Å². The molecule has 0 aliphatic heterocycles. The van der Waals surface area contributed by atoms with E-state index in [4.69, 9.17) is 0 Å². The van der Waals surface area contributed by atoms with Crippen LogP contribution in [0.2, 0.25) is 0 Å². The van der Waals surface area contributed by atoms with Crippen molar-refractivity contribution in [3.8, 4) is 0 Å². The lowest BCUT2D eigenvalue weighted by atomic mass is 10.7. The van der Waals surface area contributed by atoms with E-state index in [1.54, 1.807) is 11.5 Å². The first-order chi connectivity index (χ1) is 2.77. The van der Waals surface area contributed by atoms with Crippen molar-refractivity contribution in [1.29, 1.82) is 0 Å². The van der Waals surface area contributed by atoms with Crippen molar-refractivity contribution in [2.24, 2.45) is 0 Å². The second-order valence-corrected chi connectivity index (χ2v) is 2.57. The molecule has 0 bridgehead atoms. The molecule has 0 spiro atoms. The molecule has 0 aromatic rings. The van der Waals surface area contributed by atoms with Gasteiger partial charge in [0.1, 0.15) is 0 Å². The van der Waals surface area contributed by atoms with Crippen LogP contribution >= 0.6 is 37.9 Å². The summed E-state index contributed by atoms with van der Waals surface area (Å²) in [6.07, 6.45) is 1.76. The van der Waals surface area contributed by atoms with Gasteiger partial charge >= 0.3 is 0 Å². The average molecular weight is 138 g/mol. The van der Waals surface area contributed by atoms with Gasteiger partial charge in [0.2, 0.25) is 0 Å². The highest BCUT2D eigenvalue weighted by molar-refractivity contribution is 7.99. The van der Waals surface area contributed by atoms with E-state index in [-0.39, 0.29) is 4.58 Å². The summed E-state index contributed by atoms with van der Waals surface area (Å²) in [5, 5.41) is 1.62. The second-order valence-electron chi connectivity index (χ2n) is 0.755. The maximum atomic E-state index is 3.91. The first-order valence-electron chi connectivity index (χ1n) is 1.44. The van der Waals surface area contributed by atoms with E-state index in [9.17, 15) is 0 Å². The van der Waals surface area contributed by atoms with E-state index in [0.29, 0.717) is 0 Å². The molecule has 0 fully saturated rings. The monoisotopic (exact) mass is 138 g/mol. The molecule has 0 rings (SSSR count). The summed E-state index contributed by atoms with van der Waals surface area (Å²) < 4.78 is 0.0301. The molecule has 0 radical (unpaired) electrons. The first kappa shape index (κ1) is 6.79. The summed E-state index contributed by atoms with van der Waals surface area (Å²) in [5.41, 5.74) is 0. The molecule has 0 saturated carbocycles. The van der Waals surface area contributed by atoms with Crippen LogP contribution in [0.4, 0.5) is 0 Å². The van der Waals surface area contributed by atoms with Gasteiger partial charge in [0.25, 0.3) is 0 Å². The lowest BCUT2D eigenvalue weighted by molar-refractivity contribution is 1.72. The maximum absolute atomic E-state index is 3.91. The quantitative estimate of drug-likeness (QED) is 0.356. The highest BCUT2D eigenvalue weighted by Gasteiger charge is 1.78. The lowest BCUT2D eigenvalue weighted by Gasteiger charge is -1.85. The number of thiol groups is 3. The standard InChI is InChI=1S/C3H6S3/c4-2-1-3(5)6/h1-6H. The molecule has 36 valence electrons. The Balaban J connectivity index is 3.03. The third-order valence-electron chi connectivity index (χ3n) is 0.258. The molecule has 0 saturated heterocycles. The van der Waals surface area contributed by atoms with Gasteiger partial charge in [-0.05, 0) is 5.41 Å². The van der Waals surface area contributed by atoms with Crippen LogP contribution in [0.3, 0.4) is 0 Å². The van der Waals surface area contributed by atoms with Gasteiger partial charge in [0.05, 0.1) is 4.58 Å². The highest BCUT2D eigenvalue weighted by Crippen LogP contribution is 2.00. The Kier molecular flexibility index (Phi) is 4.48. The third-order valence-corrected chi connectivity index (χ3v) is 0.775. The first-order valence-corrected chi connectivity index (χ1v) is 2.99. The van der Waals surface area contributed by atoms with Crippen molar-refractivity contribution in [2.45, 2.75) is 4.58 Å². The van der Waals surface area contributed by atoms with Crippen molar-refractivity contribution in [1.82, 2.24) is 0 Å². The summed E-state index contributed by atoms with van der Waals surface area (Å²) in [6, 6.07) is 0. The minimum Gasteiger partial charge on any atom is -0.161 e. The van der Waals surface area contributed by atoms with Crippen molar-refractivity contribution >= 4 is 37.9 Å². The summed E-state index contributed by atoms with van der Waals surface area (Å²) in [4.78, 5) is 0. The molecular weight excluding hydrogens is 132 g/mol. The Bertz CT molecular complexity index is 48.0. The Morgan fingerprint density at radius 1 is 1.33 bits per heavy atom. The molecule has 6 heavy (non-hydrogen) atoms. The summed E-state index contributed by atoms with van der Waals surface area (Å²) in [6.45, 7) is 0. The van der Waals surface area contributed by atoms with Gasteiger partial charge in [0, 0.05) is 0 Å². The molecule has 0 aliphatic rings. The molecule has 0 aromatic heterocycles. The minimum atomic E-state index is 0.0301. The zero-order chi connectivity index (χ0) is 4.99. The molecule has 0 unspecified atom stereocenters. The number of hydrogen-bond donors (Lipinski definition) is 3. The topological polar surface area (TPSA) is 0 Å². The van der Waals surface area contributed by atoms with Crippen LogP contribution in [0.15, 0.2) is 11.5 Å². The Labute approximate surface area is 54.2 Å². The second kappa shape index (κ2) is 3.96. The van der Waals surface area contributed by atoms with Gasteiger partial charge in [-0.15, -0.1) is 0 Å². The van der Waals surface area contributed by atoms with Gasteiger partial charge in [-0.1, -0.05) is 6.08 Å². The third kappa shape index (κ3) is 4.79. The molecule has 3 heteroatoms. The molecule has 0 amide bonds. The average Bonchev–Trinajstić information content (AvgIpc) is 1.35. The maximum Gasteiger partial charge on any atom is 0.0630 e. The van der Waals surface area contributed by atoms with E-state index in [1.165, 1.54) is 0 Å². The predicted octanol–water partition coefficient (Wildman–Crippen LogP) is 1.62. The number of hydrogen-bond acceptors (Lipinski definition) is 3. The lowest BCUT2D eigenvalue weighted by Crippen LogP contribution is -1.71. The van der Waals surface area contributed by atoms with E-state index in [0.717, 1.165) is 0 Å². The fourth-order valence-electron chi connectivity index (χ4n) is 0.0770. The Morgan fingerprint density at radius 3 is 1.83 bits per heavy atom. The van der Waals surface area contributed by atoms with Crippen molar-refractivity contribution < 1.29 is 0 Å². The Hall–Kier alpha value is 0.790. The van der Waals surface area contributed by atoms with Gasteiger partial charge in [-0.3, -0.25) is 0 Å². The van der Waals surface area contributed by atoms with Crippen LogP contribution in [0.5, 0.6) is 0 Å².